The van der Waals surface area contributed by atoms with Crippen molar-refractivity contribution >= 4 is 18.1 Å². The Kier molecular flexibility index (Phi) is 3.59. The Morgan fingerprint density at radius 2 is 1.88 bits per heavy atom. The van der Waals surface area contributed by atoms with Crippen molar-refractivity contribution in [2.45, 2.75) is 26.4 Å². The lowest BCUT2D eigenvalue weighted by molar-refractivity contribution is -0.134. The van der Waals surface area contributed by atoms with Crippen LogP contribution in [0.1, 0.15) is 20.8 Å². The monoisotopic (exact) mass is 244 g/mol. The molecule has 0 aromatic carbocycles. The largest absolute Gasteiger partial charge is 0.465 e. The molecule has 3 amide bonds. The van der Waals surface area contributed by atoms with Gasteiger partial charge in [0, 0.05) is 13.1 Å². The first kappa shape index (κ1) is 13.3. The van der Waals surface area contributed by atoms with Gasteiger partial charge in [0.1, 0.15) is 12.1 Å². The molecule has 0 aromatic rings. The Morgan fingerprint density at radius 1 is 1.29 bits per heavy atom. The number of amides is 3. The van der Waals surface area contributed by atoms with E-state index in [2.05, 4.69) is 0 Å². The van der Waals surface area contributed by atoms with Crippen molar-refractivity contribution in [2.75, 3.05) is 19.6 Å². The molecule has 7 nitrogen and oxygen atoms in total. The van der Waals surface area contributed by atoms with Gasteiger partial charge in [-0.1, -0.05) is 0 Å². The third-order valence-corrected chi connectivity index (χ3v) is 2.11. The van der Waals surface area contributed by atoms with Crippen LogP contribution in [0.4, 0.5) is 9.59 Å². The Morgan fingerprint density at radius 3 is 2.29 bits per heavy atom. The van der Waals surface area contributed by atoms with Crippen LogP contribution in [0.5, 0.6) is 0 Å². The Hall–Kier alpha value is -1.79. The van der Waals surface area contributed by atoms with Gasteiger partial charge in [-0.2, -0.15) is 0 Å². The van der Waals surface area contributed by atoms with Crippen LogP contribution in [0.15, 0.2) is 0 Å². The molecule has 0 atom stereocenters. The summed E-state index contributed by atoms with van der Waals surface area (Å²) in [6, 6.07) is 0. The third kappa shape index (κ3) is 3.61. The van der Waals surface area contributed by atoms with Gasteiger partial charge in [-0.15, -0.1) is 0 Å². The van der Waals surface area contributed by atoms with Crippen molar-refractivity contribution in [1.82, 2.24) is 9.80 Å². The first-order valence-electron chi connectivity index (χ1n) is 5.22. The predicted octanol–water partition coefficient (Wildman–Crippen LogP) is 0.744. The molecule has 0 bridgehead atoms. The molecule has 0 saturated carbocycles. The van der Waals surface area contributed by atoms with Crippen LogP contribution in [-0.2, 0) is 9.53 Å². The quantitative estimate of drug-likeness (QED) is 0.679. The lowest BCUT2D eigenvalue weighted by atomic mass is 10.2. The number of hydrogen-bond donors (Lipinski definition) is 1. The summed E-state index contributed by atoms with van der Waals surface area (Å²) in [5.74, 6) is -0.562. The van der Waals surface area contributed by atoms with Crippen LogP contribution in [0.25, 0.3) is 0 Å². The lowest BCUT2D eigenvalue weighted by Crippen LogP contribution is -2.54. The van der Waals surface area contributed by atoms with Crippen molar-refractivity contribution in [3.8, 4) is 0 Å². The molecule has 17 heavy (non-hydrogen) atoms. The smallest absolute Gasteiger partial charge is 0.417 e. The van der Waals surface area contributed by atoms with Gasteiger partial charge >= 0.3 is 12.2 Å². The standard InChI is InChI=1S/C10H16N2O5/c1-10(2,3)17-9(16)12-5-4-11(8(14)15)6-7(12)13/h4-6H2,1-3H3,(H,14,15). The second-order valence-corrected chi connectivity index (χ2v) is 4.73. The van der Waals surface area contributed by atoms with Crippen LogP contribution < -0.4 is 0 Å². The molecule has 0 unspecified atom stereocenters. The summed E-state index contributed by atoms with van der Waals surface area (Å²) in [6.07, 6.45) is -1.89. The predicted molar refractivity (Wildman–Crippen MR) is 57.5 cm³/mol. The Balaban J connectivity index is 2.61. The van der Waals surface area contributed by atoms with Crippen molar-refractivity contribution < 1.29 is 24.2 Å². The minimum absolute atomic E-state index is 0.0278. The van der Waals surface area contributed by atoms with Crippen LogP contribution in [0, 0.1) is 0 Å². The van der Waals surface area contributed by atoms with Crippen LogP contribution in [-0.4, -0.2) is 58.2 Å². The zero-order valence-electron chi connectivity index (χ0n) is 10.1. The number of ether oxygens (including phenoxy) is 1. The number of imide groups is 1. The maximum atomic E-state index is 11.6. The topological polar surface area (TPSA) is 87.2 Å². The second-order valence-electron chi connectivity index (χ2n) is 4.73. The van der Waals surface area contributed by atoms with E-state index in [1.807, 2.05) is 0 Å². The fourth-order valence-corrected chi connectivity index (χ4v) is 1.35. The summed E-state index contributed by atoms with van der Waals surface area (Å²) >= 11 is 0. The first-order chi connectivity index (χ1) is 7.70. The normalized spacial score (nSPS) is 17.0. The summed E-state index contributed by atoms with van der Waals surface area (Å²) in [4.78, 5) is 35.7. The van der Waals surface area contributed by atoms with Crippen molar-refractivity contribution in [2.24, 2.45) is 0 Å². The number of rotatable bonds is 0. The average molecular weight is 244 g/mol. The van der Waals surface area contributed by atoms with E-state index in [4.69, 9.17) is 9.84 Å². The molecule has 0 aromatic heterocycles. The van der Waals surface area contributed by atoms with Gasteiger partial charge in [-0.25, -0.2) is 14.5 Å². The maximum absolute atomic E-state index is 11.6. The highest BCUT2D eigenvalue weighted by atomic mass is 16.6. The number of piperazine rings is 1. The molecular weight excluding hydrogens is 228 g/mol. The Bertz CT molecular complexity index is 347. The van der Waals surface area contributed by atoms with Crippen molar-refractivity contribution in [1.29, 1.82) is 0 Å². The van der Waals surface area contributed by atoms with E-state index in [0.29, 0.717) is 0 Å². The number of carbonyl (C=O) groups is 3. The van der Waals surface area contributed by atoms with Crippen molar-refractivity contribution in [3.05, 3.63) is 0 Å². The lowest BCUT2D eigenvalue weighted by Gasteiger charge is -2.32. The van der Waals surface area contributed by atoms with Gasteiger partial charge in [-0.05, 0) is 20.8 Å². The van der Waals surface area contributed by atoms with Gasteiger partial charge in [0.15, 0.2) is 0 Å². The molecule has 1 fully saturated rings. The molecule has 1 heterocycles. The molecular formula is C10H16N2O5. The number of nitrogens with zero attached hydrogens (tertiary/aromatic N) is 2. The highest BCUT2D eigenvalue weighted by Crippen LogP contribution is 2.12. The molecule has 1 aliphatic rings. The second kappa shape index (κ2) is 4.60. The van der Waals surface area contributed by atoms with Gasteiger partial charge in [0.25, 0.3) is 5.91 Å². The third-order valence-electron chi connectivity index (χ3n) is 2.11. The zero-order valence-corrected chi connectivity index (χ0v) is 10.1. The zero-order chi connectivity index (χ0) is 13.2. The first-order valence-corrected chi connectivity index (χ1v) is 5.22. The fraction of sp³-hybridized carbons (Fsp3) is 0.700. The summed E-state index contributed by atoms with van der Waals surface area (Å²) < 4.78 is 5.04. The fourth-order valence-electron chi connectivity index (χ4n) is 1.35. The molecule has 7 heteroatoms. The highest BCUT2D eigenvalue weighted by Gasteiger charge is 2.33. The summed E-state index contributed by atoms with van der Waals surface area (Å²) in [7, 11) is 0. The van der Waals surface area contributed by atoms with E-state index in [1.54, 1.807) is 20.8 Å². The van der Waals surface area contributed by atoms with E-state index >= 15 is 0 Å². The van der Waals surface area contributed by atoms with Crippen LogP contribution in [0.3, 0.4) is 0 Å². The summed E-state index contributed by atoms with van der Waals surface area (Å²) in [5, 5.41) is 8.71. The van der Waals surface area contributed by atoms with Gasteiger partial charge in [-0.3, -0.25) is 9.69 Å². The molecule has 1 aliphatic heterocycles. The SMILES string of the molecule is CC(C)(C)OC(=O)N1CCN(C(=O)O)CC1=O. The number of hydrogen-bond acceptors (Lipinski definition) is 4. The molecule has 0 spiro atoms. The maximum Gasteiger partial charge on any atom is 0.417 e. The number of carbonyl (C=O) groups excluding carboxylic acids is 2. The molecule has 1 rings (SSSR count). The van der Waals surface area contributed by atoms with E-state index in [9.17, 15) is 14.4 Å². The Labute approximate surface area is 98.9 Å². The van der Waals surface area contributed by atoms with E-state index in [0.717, 1.165) is 9.80 Å². The minimum atomic E-state index is -1.16. The molecule has 1 N–H and O–H groups in total. The van der Waals surface area contributed by atoms with E-state index in [1.165, 1.54) is 0 Å². The van der Waals surface area contributed by atoms with Gasteiger partial charge < -0.3 is 9.84 Å². The van der Waals surface area contributed by atoms with E-state index < -0.39 is 23.7 Å². The molecule has 0 radical (unpaired) electrons. The van der Waals surface area contributed by atoms with Gasteiger partial charge in [0.05, 0.1) is 0 Å². The van der Waals surface area contributed by atoms with Crippen LogP contribution >= 0.6 is 0 Å². The minimum Gasteiger partial charge on any atom is -0.465 e. The summed E-state index contributed by atoms with van der Waals surface area (Å²) in [6.45, 7) is 4.92. The number of carboxylic acid groups (broad SMARTS) is 1. The molecule has 1 saturated heterocycles. The van der Waals surface area contributed by atoms with Gasteiger partial charge in [0.2, 0.25) is 0 Å². The van der Waals surface area contributed by atoms with Crippen molar-refractivity contribution in [3.63, 3.8) is 0 Å². The molecule has 96 valence electrons. The molecule has 0 aliphatic carbocycles. The van der Waals surface area contributed by atoms with E-state index in [-0.39, 0.29) is 19.6 Å². The highest BCUT2D eigenvalue weighted by molar-refractivity contribution is 5.95. The van der Waals surface area contributed by atoms with Crippen LogP contribution in [0.2, 0.25) is 0 Å². The average Bonchev–Trinajstić information content (AvgIpc) is 2.14. The summed E-state index contributed by atoms with van der Waals surface area (Å²) in [5.41, 5.74) is -0.679.